The highest BCUT2D eigenvalue weighted by Crippen LogP contribution is 2.23. The van der Waals surface area contributed by atoms with Crippen LogP contribution in [0, 0.1) is 0 Å². The van der Waals surface area contributed by atoms with Gasteiger partial charge in [-0.15, -0.1) is 0 Å². The van der Waals surface area contributed by atoms with E-state index in [0.717, 1.165) is 63.9 Å². The zero-order chi connectivity index (χ0) is 16.2. The number of aromatic nitrogens is 1. The third kappa shape index (κ3) is 3.65. The van der Waals surface area contributed by atoms with Gasteiger partial charge in [-0.2, -0.15) is 0 Å². The van der Waals surface area contributed by atoms with Gasteiger partial charge < -0.3 is 31.0 Å². The topological polar surface area (TPSA) is 93.2 Å². The van der Waals surface area contributed by atoms with Gasteiger partial charge in [-0.1, -0.05) is 5.16 Å². The lowest BCUT2D eigenvalue weighted by atomic mass is 10.2. The van der Waals surface area contributed by atoms with Crippen LogP contribution in [-0.4, -0.2) is 80.3 Å². The van der Waals surface area contributed by atoms with E-state index in [4.69, 9.17) is 10.9 Å². The maximum atomic E-state index is 9.00. The minimum atomic E-state index is 0.0531. The van der Waals surface area contributed by atoms with Crippen LogP contribution in [0.5, 0.6) is 0 Å². The summed E-state index contributed by atoms with van der Waals surface area (Å²) < 4.78 is 0. The highest BCUT2D eigenvalue weighted by Gasteiger charge is 2.19. The fraction of sp³-hybridized carbons (Fsp3) is 0.600. The minimum Gasteiger partial charge on any atom is -0.409 e. The van der Waals surface area contributed by atoms with Crippen LogP contribution in [-0.2, 0) is 0 Å². The summed E-state index contributed by atoms with van der Waals surface area (Å²) in [6.45, 7) is 7.71. The normalized spacial score (nSPS) is 20.8. The van der Waals surface area contributed by atoms with Crippen LogP contribution in [0.15, 0.2) is 17.3 Å². The molecular formula is C15H25N7O. The van der Waals surface area contributed by atoms with Gasteiger partial charge in [-0.3, -0.25) is 0 Å². The summed E-state index contributed by atoms with van der Waals surface area (Å²) in [4.78, 5) is 11.5. The average molecular weight is 319 g/mol. The van der Waals surface area contributed by atoms with E-state index in [9.17, 15) is 0 Å². The first-order valence-electron chi connectivity index (χ1n) is 8.06. The molecule has 4 N–H and O–H groups in total. The number of oxime groups is 1. The molecule has 2 aliphatic heterocycles. The molecule has 0 amide bonds. The van der Waals surface area contributed by atoms with Crippen LogP contribution in [0.1, 0.15) is 5.69 Å². The molecule has 2 aliphatic rings. The lowest BCUT2D eigenvalue weighted by Crippen LogP contribution is -2.45. The smallest absolute Gasteiger partial charge is 0.188 e. The average Bonchev–Trinajstić information content (AvgIpc) is 2.62. The van der Waals surface area contributed by atoms with Crippen molar-refractivity contribution in [3.8, 4) is 0 Å². The lowest BCUT2D eigenvalue weighted by molar-refractivity contribution is 0.312. The molecule has 0 spiro atoms. The molecule has 0 bridgehead atoms. The van der Waals surface area contributed by atoms with Gasteiger partial charge in [0.2, 0.25) is 0 Å². The third-order valence-corrected chi connectivity index (χ3v) is 4.48. The van der Waals surface area contributed by atoms with Crippen molar-refractivity contribution in [3.63, 3.8) is 0 Å². The number of nitrogens with zero attached hydrogens (tertiary/aromatic N) is 5. The molecule has 1 aromatic heterocycles. The lowest BCUT2D eigenvalue weighted by Gasteiger charge is -2.35. The molecule has 0 aromatic carbocycles. The number of piperazine rings is 2. The van der Waals surface area contributed by atoms with Gasteiger partial charge in [-0.05, 0) is 13.1 Å². The number of anilines is 2. The van der Waals surface area contributed by atoms with Crippen molar-refractivity contribution in [2.75, 3.05) is 69.2 Å². The molecule has 0 radical (unpaired) electrons. The molecule has 126 valence electrons. The largest absolute Gasteiger partial charge is 0.409 e. The second kappa shape index (κ2) is 7.01. The molecule has 8 nitrogen and oxygen atoms in total. The Bertz CT molecular complexity index is 563. The fourth-order valence-electron chi connectivity index (χ4n) is 2.99. The van der Waals surface area contributed by atoms with Gasteiger partial charge in [0.1, 0.15) is 11.5 Å². The van der Waals surface area contributed by atoms with Crippen molar-refractivity contribution in [2.24, 2.45) is 10.9 Å². The van der Waals surface area contributed by atoms with E-state index in [0.29, 0.717) is 5.69 Å². The van der Waals surface area contributed by atoms with Crippen molar-refractivity contribution < 1.29 is 5.21 Å². The summed E-state index contributed by atoms with van der Waals surface area (Å²) >= 11 is 0. The molecule has 3 rings (SSSR count). The van der Waals surface area contributed by atoms with Gasteiger partial charge in [-0.25, -0.2) is 4.98 Å². The summed E-state index contributed by atoms with van der Waals surface area (Å²) in [6.07, 6.45) is 0. The number of amidine groups is 1. The quantitative estimate of drug-likeness (QED) is 0.295. The van der Waals surface area contributed by atoms with E-state index >= 15 is 0 Å². The molecule has 0 aliphatic carbocycles. The Morgan fingerprint density at radius 3 is 2.48 bits per heavy atom. The molecular weight excluding hydrogens is 294 g/mol. The van der Waals surface area contributed by atoms with E-state index in [2.05, 4.69) is 43.3 Å². The van der Waals surface area contributed by atoms with Crippen molar-refractivity contribution in [2.45, 2.75) is 0 Å². The van der Waals surface area contributed by atoms with Gasteiger partial charge in [0, 0.05) is 64.1 Å². The zero-order valence-corrected chi connectivity index (χ0v) is 13.6. The standard InChI is InChI=1S/C15H25N7O/c1-20-6-8-22(9-7-20)14-11-12(21-4-2-17-3-5-21)10-13(18-14)15(16)19-23/h10-11,17,23H,2-9H2,1H3,(H2,16,19). The SMILES string of the molecule is CN1CCN(c2cc(N3CCNCC3)cc(/C(N)=N/O)n2)CC1. The maximum Gasteiger partial charge on any atom is 0.188 e. The first-order chi connectivity index (χ1) is 11.2. The van der Waals surface area contributed by atoms with Crippen molar-refractivity contribution in [3.05, 3.63) is 17.8 Å². The fourth-order valence-corrected chi connectivity index (χ4v) is 2.99. The Morgan fingerprint density at radius 2 is 1.83 bits per heavy atom. The summed E-state index contributed by atoms with van der Waals surface area (Å²) in [5, 5.41) is 15.5. The molecule has 2 fully saturated rings. The van der Waals surface area contributed by atoms with Gasteiger partial charge in [0.05, 0.1) is 0 Å². The van der Waals surface area contributed by atoms with E-state index in [1.807, 2.05) is 6.07 Å². The van der Waals surface area contributed by atoms with Crippen LogP contribution in [0.2, 0.25) is 0 Å². The molecule has 1 aromatic rings. The Kier molecular flexibility index (Phi) is 4.82. The third-order valence-electron chi connectivity index (χ3n) is 4.48. The predicted molar refractivity (Wildman–Crippen MR) is 91.5 cm³/mol. The maximum absolute atomic E-state index is 9.00. The molecule has 3 heterocycles. The highest BCUT2D eigenvalue weighted by molar-refractivity contribution is 5.96. The number of likely N-dealkylation sites (N-methyl/N-ethyl adjacent to an activating group) is 1. The van der Waals surface area contributed by atoms with Gasteiger partial charge >= 0.3 is 0 Å². The predicted octanol–water partition coefficient (Wildman–Crippen LogP) is -0.662. The second-order valence-corrected chi connectivity index (χ2v) is 6.08. The van der Waals surface area contributed by atoms with Gasteiger partial charge in [0.15, 0.2) is 5.84 Å². The zero-order valence-electron chi connectivity index (χ0n) is 13.6. The summed E-state index contributed by atoms with van der Waals surface area (Å²) in [6, 6.07) is 4.02. The Morgan fingerprint density at radius 1 is 1.13 bits per heavy atom. The Balaban J connectivity index is 1.91. The molecule has 23 heavy (non-hydrogen) atoms. The van der Waals surface area contributed by atoms with Crippen molar-refractivity contribution >= 4 is 17.3 Å². The monoisotopic (exact) mass is 319 g/mol. The molecule has 8 heteroatoms. The first kappa shape index (κ1) is 15.8. The number of hydrogen-bond acceptors (Lipinski definition) is 7. The number of pyridine rings is 1. The van der Waals surface area contributed by atoms with E-state index < -0.39 is 0 Å². The van der Waals surface area contributed by atoms with Crippen LogP contribution in [0.4, 0.5) is 11.5 Å². The Hall–Kier alpha value is -2.06. The Labute approximate surface area is 136 Å². The van der Waals surface area contributed by atoms with E-state index in [1.165, 1.54) is 0 Å². The molecule has 0 saturated carbocycles. The second-order valence-electron chi connectivity index (χ2n) is 6.08. The number of rotatable bonds is 3. The first-order valence-corrected chi connectivity index (χ1v) is 8.06. The van der Waals surface area contributed by atoms with Crippen LogP contribution < -0.4 is 20.9 Å². The molecule has 2 saturated heterocycles. The number of nitrogens with one attached hydrogen (secondary N) is 1. The summed E-state index contributed by atoms with van der Waals surface area (Å²) in [7, 11) is 2.13. The van der Waals surface area contributed by atoms with E-state index in [1.54, 1.807) is 0 Å². The van der Waals surface area contributed by atoms with Crippen molar-refractivity contribution in [1.82, 2.24) is 15.2 Å². The van der Waals surface area contributed by atoms with E-state index in [-0.39, 0.29) is 5.84 Å². The molecule has 0 unspecified atom stereocenters. The van der Waals surface area contributed by atoms with Gasteiger partial charge in [0.25, 0.3) is 0 Å². The highest BCUT2D eigenvalue weighted by atomic mass is 16.4. The number of hydrogen-bond donors (Lipinski definition) is 3. The summed E-state index contributed by atoms with van der Waals surface area (Å²) in [5.41, 5.74) is 7.40. The minimum absolute atomic E-state index is 0.0531. The van der Waals surface area contributed by atoms with Crippen LogP contribution in [0.25, 0.3) is 0 Å². The summed E-state index contributed by atoms with van der Waals surface area (Å²) in [5.74, 6) is 0.952. The molecule has 0 atom stereocenters. The van der Waals surface area contributed by atoms with Crippen LogP contribution >= 0.6 is 0 Å². The number of nitrogens with two attached hydrogens (primary N) is 1. The van der Waals surface area contributed by atoms with Crippen LogP contribution in [0.3, 0.4) is 0 Å². The van der Waals surface area contributed by atoms with Crippen molar-refractivity contribution in [1.29, 1.82) is 0 Å².